The number of nitrogens with two attached hydrogens (primary N) is 3. The van der Waals surface area contributed by atoms with Crippen LogP contribution in [0.15, 0.2) is 0 Å². The van der Waals surface area contributed by atoms with Crippen molar-refractivity contribution in [3.8, 4) is 0 Å². The number of hydrogen-bond acceptors (Lipinski definition) is 4. The zero-order valence-electron chi connectivity index (χ0n) is 9.47. The van der Waals surface area contributed by atoms with Gasteiger partial charge in [-0.3, -0.25) is 14.4 Å². The van der Waals surface area contributed by atoms with Crippen LogP contribution in [0.3, 0.4) is 0 Å². The summed E-state index contributed by atoms with van der Waals surface area (Å²) in [6.45, 7) is 2.80. The normalized spacial score (nSPS) is 12.2. The molecule has 0 spiro atoms. The van der Waals surface area contributed by atoms with Crippen molar-refractivity contribution in [2.75, 3.05) is 13.1 Å². The molecule has 0 heterocycles. The van der Waals surface area contributed by atoms with Gasteiger partial charge in [-0.05, 0) is 5.92 Å². The van der Waals surface area contributed by atoms with Crippen LogP contribution in [0, 0.1) is 5.92 Å². The number of hydrogen-bond donors (Lipinski definition) is 3. The van der Waals surface area contributed by atoms with Crippen molar-refractivity contribution >= 4 is 17.7 Å². The van der Waals surface area contributed by atoms with Crippen LogP contribution >= 0.6 is 0 Å². The molecule has 7 nitrogen and oxygen atoms in total. The topological polar surface area (TPSA) is 133 Å². The summed E-state index contributed by atoms with van der Waals surface area (Å²) in [5.41, 5.74) is 15.5. The molecular weight excluding hydrogens is 212 g/mol. The largest absolute Gasteiger partial charge is 0.368 e. The first-order chi connectivity index (χ1) is 7.25. The van der Waals surface area contributed by atoms with Crippen molar-refractivity contribution in [3.05, 3.63) is 0 Å². The van der Waals surface area contributed by atoms with Gasteiger partial charge < -0.3 is 22.1 Å². The molecule has 0 aliphatic heterocycles. The lowest BCUT2D eigenvalue weighted by Gasteiger charge is -2.24. The van der Waals surface area contributed by atoms with E-state index in [0.29, 0.717) is 0 Å². The van der Waals surface area contributed by atoms with Crippen molar-refractivity contribution in [1.82, 2.24) is 4.90 Å². The highest BCUT2D eigenvalue weighted by atomic mass is 16.2. The molecule has 3 amide bonds. The lowest BCUT2D eigenvalue weighted by molar-refractivity contribution is -0.139. The Kier molecular flexibility index (Phi) is 5.44. The van der Waals surface area contributed by atoms with Crippen LogP contribution in [0.25, 0.3) is 0 Å². The first-order valence-electron chi connectivity index (χ1n) is 4.86. The van der Waals surface area contributed by atoms with E-state index in [1.165, 1.54) is 0 Å². The minimum absolute atomic E-state index is 0.101. The van der Waals surface area contributed by atoms with Crippen molar-refractivity contribution in [1.29, 1.82) is 0 Å². The van der Waals surface area contributed by atoms with Gasteiger partial charge in [0.1, 0.15) is 0 Å². The molecule has 1 atom stereocenters. The van der Waals surface area contributed by atoms with E-state index in [0.717, 1.165) is 4.90 Å². The maximum absolute atomic E-state index is 11.7. The van der Waals surface area contributed by atoms with Gasteiger partial charge in [0.05, 0.1) is 19.1 Å². The minimum Gasteiger partial charge on any atom is -0.368 e. The quantitative estimate of drug-likeness (QED) is 0.476. The van der Waals surface area contributed by atoms with Crippen LogP contribution in [0.4, 0.5) is 0 Å². The summed E-state index contributed by atoms with van der Waals surface area (Å²) in [7, 11) is 0. The van der Waals surface area contributed by atoms with Gasteiger partial charge in [0.25, 0.3) is 0 Å². The molecule has 92 valence electrons. The van der Waals surface area contributed by atoms with Gasteiger partial charge in [-0.2, -0.15) is 0 Å². The summed E-state index contributed by atoms with van der Waals surface area (Å²) < 4.78 is 0. The Morgan fingerprint density at radius 3 is 1.69 bits per heavy atom. The first-order valence-corrected chi connectivity index (χ1v) is 4.86. The second-order valence-corrected chi connectivity index (χ2v) is 3.90. The molecule has 7 heteroatoms. The molecule has 0 aliphatic rings. The number of primary amides is 2. The first kappa shape index (κ1) is 14.4. The molecule has 16 heavy (non-hydrogen) atoms. The molecule has 0 aromatic carbocycles. The Labute approximate surface area is 93.9 Å². The average Bonchev–Trinajstić information content (AvgIpc) is 2.12. The van der Waals surface area contributed by atoms with Crippen LogP contribution in [-0.2, 0) is 14.4 Å². The van der Waals surface area contributed by atoms with Gasteiger partial charge in [0, 0.05) is 0 Å². The molecule has 0 rings (SSSR count). The van der Waals surface area contributed by atoms with Crippen molar-refractivity contribution in [2.45, 2.75) is 19.9 Å². The minimum atomic E-state index is -0.779. The fourth-order valence-electron chi connectivity index (χ4n) is 1.08. The third-order valence-electron chi connectivity index (χ3n) is 2.01. The fraction of sp³-hybridized carbons (Fsp3) is 0.667. The standard InChI is InChI=1S/C9H18N4O3/c1-5(2)8(12)9(16)13(3-6(10)14)4-7(11)15/h5,8H,3-4,12H2,1-2H3,(H2,10,14)(H2,11,15)/t8-/m0/s1. The van der Waals surface area contributed by atoms with Gasteiger partial charge in [0.15, 0.2) is 0 Å². The Hall–Kier alpha value is -1.63. The zero-order chi connectivity index (χ0) is 12.9. The summed E-state index contributed by atoms with van der Waals surface area (Å²) in [4.78, 5) is 34.2. The van der Waals surface area contributed by atoms with Gasteiger partial charge in [-0.1, -0.05) is 13.8 Å². The monoisotopic (exact) mass is 230 g/mol. The molecule has 0 saturated carbocycles. The number of amides is 3. The summed E-state index contributed by atoms with van der Waals surface area (Å²) in [6.07, 6.45) is 0. The van der Waals surface area contributed by atoms with Crippen LogP contribution in [0.2, 0.25) is 0 Å². The predicted molar refractivity (Wildman–Crippen MR) is 57.8 cm³/mol. The van der Waals surface area contributed by atoms with Crippen LogP contribution in [-0.4, -0.2) is 41.8 Å². The molecule has 0 unspecified atom stereocenters. The Morgan fingerprint density at radius 1 is 1.06 bits per heavy atom. The van der Waals surface area contributed by atoms with Crippen molar-refractivity contribution in [2.24, 2.45) is 23.1 Å². The van der Waals surface area contributed by atoms with E-state index in [1.54, 1.807) is 13.8 Å². The molecule has 0 aliphatic carbocycles. The van der Waals surface area contributed by atoms with Gasteiger partial charge in [0.2, 0.25) is 17.7 Å². The predicted octanol–water partition coefficient (Wildman–Crippen LogP) is -2.23. The highest BCUT2D eigenvalue weighted by Crippen LogP contribution is 2.03. The van der Waals surface area contributed by atoms with Gasteiger partial charge in [-0.15, -0.1) is 0 Å². The highest BCUT2D eigenvalue weighted by Gasteiger charge is 2.25. The van der Waals surface area contributed by atoms with E-state index in [9.17, 15) is 14.4 Å². The van der Waals surface area contributed by atoms with E-state index in [-0.39, 0.29) is 19.0 Å². The maximum Gasteiger partial charge on any atom is 0.240 e. The molecule has 0 fully saturated rings. The van der Waals surface area contributed by atoms with Gasteiger partial charge >= 0.3 is 0 Å². The van der Waals surface area contributed by atoms with Gasteiger partial charge in [-0.25, -0.2) is 0 Å². The molecule has 0 aromatic rings. The third kappa shape index (κ3) is 4.74. The average molecular weight is 230 g/mol. The second kappa shape index (κ2) is 6.06. The number of carbonyl (C=O) groups excluding carboxylic acids is 3. The second-order valence-electron chi connectivity index (χ2n) is 3.90. The molecule has 0 aromatic heterocycles. The molecule has 0 radical (unpaired) electrons. The molecule has 6 N–H and O–H groups in total. The summed E-state index contributed by atoms with van der Waals surface area (Å²) >= 11 is 0. The Bertz CT molecular complexity index is 274. The third-order valence-corrected chi connectivity index (χ3v) is 2.01. The van der Waals surface area contributed by atoms with Crippen LogP contribution in [0.5, 0.6) is 0 Å². The summed E-state index contributed by atoms with van der Waals surface area (Å²) in [5, 5.41) is 0. The SMILES string of the molecule is CC(C)[C@H](N)C(=O)N(CC(N)=O)CC(N)=O. The van der Waals surface area contributed by atoms with E-state index >= 15 is 0 Å². The fourth-order valence-corrected chi connectivity index (χ4v) is 1.08. The highest BCUT2D eigenvalue weighted by molar-refractivity contribution is 5.90. The van der Waals surface area contributed by atoms with Crippen LogP contribution in [0.1, 0.15) is 13.8 Å². The maximum atomic E-state index is 11.7. The van der Waals surface area contributed by atoms with E-state index in [2.05, 4.69) is 0 Å². The van der Waals surface area contributed by atoms with E-state index < -0.39 is 23.8 Å². The van der Waals surface area contributed by atoms with Crippen LogP contribution < -0.4 is 17.2 Å². The van der Waals surface area contributed by atoms with E-state index in [1.807, 2.05) is 0 Å². The van der Waals surface area contributed by atoms with Crippen molar-refractivity contribution in [3.63, 3.8) is 0 Å². The number of nitrogens with zero attached hydrogens (tertiary/aromatic N) is 1. The van der Waals surface area contributed by atoms with E-state index in [4.69, 9.17) is 17.2 Å². The Balaban J connectivity index is 4.67. The summed E-state index contributed by atoms with van der Waals surface area (Å²) in [5.74, 6) is -2.04. The molecule has 0 bridgehead atoms. The zero-order valence-corrected chi connectivity index (χ0v) is 9.47. The smallest absolute Gasteiger partial charge is 0.240 e. The lowest BCUT2D eigenvalue weighted by Crippen LogP contribution is -2.51. The molecular formula is C9H18N4O3. The lowest BCUT2D eigenvalue weighted by atomic mass is 10.0. The Morgan fingerprint density at radius 2 is 1.44 bits per heavy atom. The molecule has 0 saturated heterocycles. The number of rotatable bonds is 6. The number of carbonyl (C=O) groups is 3. The summed E-state index contributed by atoms with van der Waals surface area (Å²) in [6, 6.07) is -0.779. The van der Waals surface area contributed by atoms with Crippen molar-refractivity contribution < 1.29 is 14.4 Å².